The number of hydrazine groups is 1. The third-order valence-electron chi connectivity index (χ3n) is 1.10. The molecule has 0 bridgehead atoms. The summed E-state index contributed by atoms with van der Waals surface area (Å²) in [5.41, 5.74) is 6.15. The molecule has 1 aromatic heterocycles. The summed E-state index contributed by atoms with van der Waals surface area (Å²) in [5.74, 6) is 0. The van der Waals surface area contributed by atoms with E-state index in [2.05, 4.69) is 15.8 Å². The van der Waals surface area contributed by atoms with E-state index in [9.17, 15) is 0 Å². The lowest BCUT2D eigenvalue weighted by Gasteiger charge is -2.06. The molecule has 0 aliphatic rings. The van der Waals surface area contributed by atoms with Crippen LogP contribution in [-0.2, 0) is 0 Å². The van der Waals surface area contributed by atoms with Crippen molar-refractivity contribution in [3.8, 4) is 0 Å². The Labute approximate surface area is 74.7 Å². The summed E-state index contributed by atoms with van der Waals surface area (Å²) in [6.07, 6.45) is 3.04. The lowest BCUT2D eigenvalue weighted by Crippen LogP contribution is -2.15. The van der Waals surface area contributed by atoms with Crippen LogP contribution in [0, 0.1) is 0 Å². The van der Waals surface area contributed by atoms with Crippen LogP contribution in [0.1, 0.15) is 0 Å². The molecule has 0 aliphatic heterocycles. The van der Waals surface area contributed by atoms with Gasteiger partial charge in [0.1, 0.15) is 0 Å². The topological polar surface area (TPSA) is 37.0 Å². The van der Waals surface area contributed by atoms with Crippen molar-refractivity contribution in [2.24, 2.45) is 0 Å². The lowest BCUT2D eigenvalue weighted by molar-refractivity contribution is 0.982. The Morgan fingerprint density at radius 3 is 2.27 bits per heavy atom. The van der Waals surface area contributed by atoms with Gasteiger partial charge >= 0.3 is 0 Å². The van der Waals surface area contributed by atoms with Crippen LogP contribution in [0.2, 0.25) is 10.0 Å². The second-order valence-electron chi connectivity index (χ2n) is 1.85. The largest absolute Gasteiger partial charge is 0.319 e. The molecule has 0 amide bonds. The van der Waals surface area contributed by atoms with Crippen molar-refractivity contribution in [2.75, 3.05) is 12.5 Å². The van der Waals surface area contributed by atoms with Gasteiger partial charge in [-0.3, -0.25) is 4.98 Å². The minimum absolute atomic E-state index is 0.492. The van der Waals surface area contributed by atoms with E-state index in [0.29, 0.717) is 15.7 Å². The standard InChI is InChI=1S/C6H7Cl2N3/c1-9-11-6-4(7)2-10-3-5(6)8/h2-3,9H,1H3,(H,10,11). The van der Waals surface area contributed by atoms with Crippen molar-refractivity contribution in [3.05, 3.63) is 22.4 Å². The fraction of sp³-hybridized carbons (Fsp3) is 0.167. The molecule has 60 valence electrons. The van der Waals surface area contributed by atoms with Crippen LogP contribution in [-0.4, -0.2) is 12.0 Å². The molecule has 11 heavy (non-hydrogen) atoms. The van der Waals surface area contributed by atoms with E-state index in [1.165, 1.54) is 12.4 Å². The Morgan fingerprint density at radius 1 is 1.27 bits per heavy atom. The fourth-order valence-electron chi connectivity index (χ4n) is 0.656. The Morgan fingerprint density at radius 2 is 1.82 bits per heavy atom. The van der Waals surface area contributed by atoms with Crippen LogP contribution in [0.15, 0.2) is 12.4 Å². The molecule has 0 radical (unpaired) electrons. The van der Waals surface area contributed by atoms with Gasteiger partial charge in [0.2, 0.25) is 0 Å². The fourth-order valence-corrected chi connectivity index (χ4v) is 1.11. The van der Waals surface area contributed by atoms with Gasteiger partial charge in [-0.1, -0.05) is 23.2 Å². The van der Waals surface area contributed by atoms with E-state index in [1.54, 1.807) is 7.05 Å². The first-order valence-electron chi connectivity index (χ1n) is 2.97. The smallest absolute Gasteiger partial charge is 0.0894 e. The first kappa shape index (κ1) is 8.59. The van der Waals surface area contributed by atoms with Crippen molar-refractivity contribution in [2.45, 2.75) is 0 Å². The van der Waals surface area contributed by atoms with E-state index in [0.717, 1.165) is 0 Å². The van der Waals surface area contributed by atoms with Gasteiger partial charge in [-0.05, 0) is 0 Å². The molecule has 0 aromatic carbocycles. The number of halogens is 2. The summed E-state index contributed by atoms with van der Waals surface area (Å²) < 4.78 is 0. The maximum atomic E-state index is 5.76. The maximum absolute atomic E-state index is 5.76. The minimum atomic E-state index is 0.492. The van der Waals surface area contributed by atoms with E-state index in [4.69, 9.17) is 23.2 Å². The Hall–Kier alpha value is -0.510. The predicted octanol–water partition coefficient (Wildman–Crippen LogP) is 1.93. The van der Waals surface area contributed by atoms with E-state index in [-0.39, 0.29) is 0 Å². The number of anilines is 1. The zero-order valence-corrected chi connectivity index (χ0v) is 7.37. The first-order chi connectivity index (χ1) is 5.25. The van der Waals surface area contributed by atoms with Gasteiger partial charge in [-0.25, -0.2) is 5.43 Å². The average molecular weight is 192 g/mol. The molecule has 1 rings (SSSR count). The summed E-state index contributed by atoms with van der Waals surface area (Å²) in [5, 5.41) is 0.985. The van der Waals surface area contributed by atoms with Crippen molar-refractivity contribution < 1.29 is 0 Å². The quantitative estimate of drug-likeness (QED) is 0.703. The predicted molar refractivity (Wildman–Crippen MR) is 46.9 cm³/mol. The monoisotopic (exact) mass is 191 g/mol. The number of pyridine rings is 1. The van der Waals surface area contributed by atoms with Crippen LogP contribution < -0.4 is 10.9 Å². The van der Waals surface area contributed by atoms with Crippen LogP contribution in [0.4, 0.5) is 5.69 Å². The van der Waals surface area contributed by atoms with E-state index < -0.39 is 0 Å². The second kappa shape index (κ2) is 3.76. The molecular weight excluding hydrogens is 185 g/mol. The van der Waals surface area contributed by atoms with Gasteiger partial charge < -0.3 is 5.43 Å². The number of hydrogen-bond donors (Lipinski definition) is 2. The van der Waals surface area contributed by atoms with Crippen LogP contribution in [0.25, 0.3) is 0 Å². The SMILES string of the molecule is CNNc1c(Cl)cncc1Cl. The molecule has 0 spiro atoms. The highest BCUT2D eigenvalue weighted by molar-refractivity contribution is 6.38. The summed E-state index contributed by atoms with van der Waals surface area (Å²) in [6.45, 7) is 0. The summed E-state index contributed by atoms with van der Waals surface area (Å²) in [6, 6.07) is 0. The van der Waals surface area contributed by atoms with Crippen molar-refractivity contribution in [3.63, 3.8) is 0 Å². The summed E-state index contributed by atoms with van der Waals surface area (Å²) in [4.78, 5) is 3.80. The Balaban J connectivity index is 3.00. The van der Waals surface area contributed by atoms with Crippen LogP contribution in [0.5, 0.6) is 0 Å². The van der Waals surface area contributed by atoms with Crippen molar-refractivity contribution >= 4 is 28.9 Å². The molecule has 3 nitrogen and oxygen atoms in total. The second-order valence-corrected chi connectivity index (χ2v) is 2.67. The van der Waals surface area contributed by atoms with Gasteiger partial charge in [-0.15, -0.1) is 0 Å². The Bertz CT molecular complexity index is 231. The maximum Gasteiger partial charge on any atom is 0.0894 e. The highest BCUT2D eigenvalue weighted by Gasteiger charge is 2.02. The lowest BCUT2D eigenvalue weighted by atomic mass is 10.4. The van der Waals surface area contributed by atoms with Crippen molar-refractivity contribution in [1.82, 2.24) is 10.4 Å². The van der Waals surface area contributed by atoms with Gasteiger partial charge in [0.25, 0.3) is 0 Å². The number of aromatic nitrogens is 1. The Kier molecular flexibility index (Phi) is 2.93. The minimum Gasteiger partial charge on any atom is -0.319 e. The number of rotatable bonds is 2. The molecule has 1 heterocycles. The molecule has 0 saturated carbocycles. The van der Waals surface area contributed by atoms with Gasteiger partial charge in [0.15, 0.2) is 0 Å². The zero-order chi connectivity index (χ0) is 8.27. The molecule has 0 fully saturated rings. The number of hydrogen-bond acceptors (Lipinski definition) is 3. The number of nitrogens with one attached hydrogen (secondary N) is 2. The van der Waals surface area contributed by atoms with Crippen LogP contribution >= 0.6 is 23.2 Å². The molecule has 0 unspecified atom stereocenters. The first-order valence-corrected chi connectivity index (χ1v) is 3.73. The molecule has 5 heteroatoms. The molecule has 1 aromatic rings. The van der Waals surface area contributed by atoms with E-state index >= 15 is 0 Å². The van der Waals surface area contributed by atoms with Gasteiger partial charge in [0, 0.05) is 19.4 Å². The molecule has 0 atom stereocenters. The van der Waals surface area contributed by atoms with Crippen molar-refractivity contribution in [1.29, 1.82) is 0 Å². The zero-order valence-electron chi connectivity index (χ0n) is 5.86. The molecule has 0 aliphatic carbocycles. The highest BCUT2D eigenvalue weighted by Crippen LogP contribution is 2.27. The van der Waals surface area contributed by atoms with Gasteiger partial charge in [0.05, 0.1) is 15.7 Å². The highest BCUT2D eigenvalue weighted by atomic mass is 35.5. The molecule has 0 saturated heterocycles. The normalized spacial score (nSPS) is 9.73. The average Bonchev–Trinajstić information content (AvgIpc) is 1.97. The molecule has 2 N–H and O–H groups in total. The van der Waals surface area contributed by atoms with E-state index in [1.807, 2.05) is 0 Å². The van der Waals surface area contributed by atoms with Crippen LogP contribution in [0.3, 0.4) is 0 Å². The molecular formula is C6H7Cl2N3. The summed E-state index contributed by atoms with van der Waals surface area (Å²) in [7, 11) is 1.73. The summed E-state index contributed by atoms with van der Waals surface area (Å²) >= 11 is 11.5. The number of nitrogens with zero attached hydrogens (tertiary/aromatic N) is 1. The van der Waals surface area contributed by atoms with Gasteiger partial charge in [-0.2, -0.15) is 0 Å². The third kappa shape index (κ3) is 1.96. The third-order valence-corrected chi connectivity index (χ3v) is 1.68.